The number of rotatable bonds is 3. The Labute approximate surface area is 140 Å². The molecule has 0 aliphatic heterocycles. The average Bonchev–Trinajstić information content (AvgIpc) is 3.41. The van der Waals surface area contributed by atoms with E-state index in [0.29, 0.717) is 0 Å². The fourth-order valence-electron chi connectivity index (χ4n) is 2.49. The van der Waals surface area contributed by atoms with Crippen molar-refractivity contribution in [3.8, 4) is 11.4 Å². The number of nitrogens with zero attached hydrogens (tertiary/aromatic N) is 9. The summed E-state index contributed by atoms with van der Waals surface area (Å²) in [4.78, 5) is 4.41. The Balaban J connectivity index is 1.47. The van der Waals surface area contributed by atoms with Gasteiger partial charge in [-0.05, 0) is 41.6 Å². The summed E-state index contributed by atoms with van der Waals surface area (Å²) in [7, 11) is 0. The van der Waals surface area contributed by atoms with E-state index < -0.39 is 0 Å². The van der Waals surface area contributed by atoms with Crippen LogP contribution in [0.15, 0.2) is 67.3 Å². The second-order valence-corrected chi connectivity index (χ2v) is 5.28. The molecule has 0 bridgehead atoms. The quantitative estimate of drug-likeness (QED) is 0.454. The molecule has 0 aliphatic rings. The second kappa shape index (κ2) is 5.30. The monoisotopic (exact) mass is 332 g/mol. The van der Waals surface area contributed by atoms with Crippen molar-refractivity contribution < 1.29 is 9.59 Å². The molecule has 2 aromatic carbocycles. The first-order chi connectivity index (χ1) is 12.4. The van der Waals surface area contributed by atoms with Gasteiger partial charge in [0.1, 0.15) is 4.91 Å². The lowest BCUT2D eigenvalue weighted by Crippen LogP contribution is -2.52. The smallest absolute Gasteiger partial charge is 0.157 e. The van der Waals surface area contributed by atoms with Gasteiger partial charge in [0.05, 0.1) is 28.3 Å². The highest BCUT2D eigenvalue weighted by Crippen LogP contribution is 2.07. The van der Waals surface area contributed by atoms with Crippen molar-refractivity contribution in [2.24, 2.45) is 0 Å². The maximum Gasteiger partial charge on any atom is 0.258 e. The lowest BCUT2D eigenvalue weighted by Gasteiger charge is -1.99. The van der Waals surface area contributed by atoms with Crippen molar-refractivity contribution >= 4 is 11.0 Å². The number of H-pyrrole nitrogens is 1. The van der Waals surface area contributed by atoms with E-state index in [-0.39, 0.29) is 0 Å². The Kier molecular flexibility index (Phi) is 2.86. The molecule has 0 spiro atoms. The van der Waals surface area contributed by atoms with Crippen LogP contribution in [0, 0.1) is 0 Å². The summed E-state index contributed by atoms with van der Waals surface area (Å²) in [5.74, 6) is 0. The third-order valence-electron chi connectivity index (χ3n) is 3.70. The van der Waals surface area contributed by atoms with Gasteiger partial charge in [0, 0.05) is 5.10 Å². The molecule has 0 fully saturated rings. The van der Waals surface area contributed by atoms with Crippen LogP contribution in [0.2, 0.25) is 0 Å². The van der Waals surface area contributed by atoms with Gasteiger partial charge in [0.25, 0.3) is 17.4 Å². The molecule has 25 heavy (non-hydrogen) atoms. The van der Waals surface area contributed by atoms with Crippen molar-refractivity contribution in [3.05, 3.63) is 67.3 Å². The van der Waals surface area contributed by atoms with Gasteiger partial charge in [0.2, 0.25) is 4.91 Å². The summed E-state index contributed by atoms with van der Waals surface area (Å²) >= 11 is 0. The largest absolute Gasteiger partial charge is 0.258 e. The molecule has 0 amide bonds. The number of tetrazole rings is 1. The van der Waals surface area contributed by atoms with E-state index in [9.17, 15) is 0 Å². The zero-order valence-electron chi connectivity index (χ0n) is 12.9. The van der Waals surface area contributed by atoms with Crippen LogP contribution in [0.4, 0.5) is 0 Å². The van der Waals surface area contributed by atoms with Crippen LogP contribution in [0.3, 0.4) is 0 Å². The third kappa shape index (κ3) is 2.32. The Hall–Kier alpha value is -3.95. The predicted octanol–water partition coefficient (Wildman–Crippen LogP) is -0.389. The first kappa shape index (κ1) is 13.5. The van der Waals surface area contributed by atoms with E-state index in [4.69, 9.17) is 0 Å². The topological polar surface area (TPSA) is 97.9 Å². The fraction of sp³-hybridized carbons (Fsp3) is 0. The molecule has 3 heterocycles. The van der Waals surface area contributed by atoms with Crippen molar-refractivity contribution in [2.75, 3.05) is 0 Å². The van der Waals surface area contributed by atoms with Crippen LogP contribution >= 0.6 is 0 Å². The highest BCUT2D eigenvalue weighted by Gasteiger charge is 2.21. The Bertz CT molecular complexity index is 1100. The van der Waals surface area contributed by atoms with E-state index in [0.717, 1.165) is 22.4 Å². The molecule has 5 rings (SSSR count). The second-order valence-electron chi connectivity index (χ2n) is 5.28. The lowest BCUT2D eigenvalue weighted by atomic mass is 10.3. The molecule has 0 aliphatic carbocycles. The highest BCUT2D eigenvalue weighted by molar-refractivity contribution is 5.72. The molecular weight excluding hydrogens is 320 g/mol. The molecule has 0 radical (unpaired) electrons. The van der Waals surface area contributed by atoms with E-state index in [1.807, 2.05) is 48.5 Å². The van der Waals surface area contributed by atoms with Crippen LogP contribution in [-0.2, 0) is 0 Å². The molecule has 0 saturated heterocycles. The van der Waals surface area contributed by atoms with Crippen LogP contribution in [0.25, 0.3) is 22.4 Å². The molecule has 10 nitrogen and oxygen atoms in total. The zero-order chi connectivity index (χ0) is 16.6. The van der Waals surface area contributed by atoms with Gasteiger partial charge in [0.15, 0.2) is 5.69 Å². The van der Waals surface area contributed by atoms with Crippen LogP contribution in [0.5, 0.6) is 0 Å². The third-order valence-corrected chi connectivity index (χ3v) is 3.70. The normalized spacial score (nSPS) is 11.2. The number of aromatic amines is 1. The summed E-state index contributed by atoms with van der Waals surface area (Å²) in [6, 6.07) is 15.4. The van der Waals surface area contributed by atoms with Gasteiger partial charge >= 0.3 is 0 Å². The number of fused-ring (bicyclic) bond motifs is 1. The van der Waals surface area contributed by atoms with Gasteiger partial charge in [-0.1, -0.05) is 12.1 Å². The van der Waals surface area contributed by atoms with E-state index in [2.05, 4.69) is 30.7 Å². The van der Waals surface area contributed by atoms with Crippen molar-refractivity contribution in [1.82, 2.24) is 40.4 Å². The lowest BCUT2D eigenvalue weighted by molar-refractivity contribution is -0.909. The predicted molar refractivity (Wildman–Crippen MR) is 83.6 cm³/mol. The average molecular weight is 332 g/mol. The van der Waals surface area contributed by atoms with Gasteiger partial charge < -0.3 is 0 Å². The minimum atomic E-state index is 0.800. The maximum absolute atomic E-state index is 4.38. The van der Waals surface area contributed by atoms with E-state index in [1.165, 1.54) is 9.81 Å². The van der Waals surface area contributed by atoms with Gasteiger partial charge in [-0.2, -0.15) is 15.0 Å². The molecule has 1 N–H and O–H groups in total. The Morgan fingerprint density at radius 1 is 0.840 bits per heavy atom. The Morgan fingerprint density at radius 2 is 1.52 bits per heavy atom. The molecule has 120 valence electrons. The number of nitrogens with one attached hydrogen (secondary N) is 1. The van der Waals surface area contributed by atoms with Gasteiger partial charge in [-0.25, -0.2) is 0 Å². The van der Waals surface area contributed by atoms with Crippen LogP contribution in [-0.4, -0.2) is 40.4 Å². The minimum Gasteiger partial charge on any atom is -0.157 e. The molecule has 3 aromatic heterocycles. The Morgan fingerprint density at radius 3 is 2.20 bits per heavy atom. The summed E-state index contributed by atoms with van der Waals surface area (Å²) < 4.78 is 1.76. The first-order valence-electron chi connectivity index (χ1n) is 7.56. The van der Waals surface area contributed by atoms with Gasteiger partial charge in [-0.15, -0.1) is 4.68 Å². The summed E-state index contributed by atoms with van der Waals surface area (Å²) in [6.07, 6.45) is 4.93. The van der Waals surface area contributed by atoms with Crippen LogP contribution < -0.4 is 9.59 Å². The molecule has 0 atom stereocenters. The first-order valence-corrected chi connectivity index (χ1v) is 7.56. The molecule has 0 saturated carbocycles. The maximum atomic E-state index is 4.38. The van der Waals surface area contributed by atoms with Crippen molar-refractivity contribution in [3.63, 3.8) is 0 Å². The summed E-state index contributed by atoms with van der Waals surface area (Å²) in [6.45, 7) is 0. The zero-order valence-corrected chi connectivity index (χ0v) is 12.9. The molecule has 10 heteroatoms. The number of aromatic nitrogens is 10. The summed E-state index contributed by atoms with van der Waals surface area (Å²) in [5.41, 5.74) is 3.38. The van der Waals surface area contributed by atoms with Crippen molar-refractivity contribution in [1.29, 1.82) is 0 Å². The standard InChI is InChI=1S/C15H11N10/c1-2-4-15-14(3-1)19-25(20-15)24-18-11-22(21-24)12-5-7-13(8-6-12)23-16-9-10-17-23/h1-11H/q+1/p+1. The number of hydrogen-bond acceptors (Lipinski definition) is 5. The van der Waals surface area contributed by atoms with Gasteiger partial charge in [-0.3, -0.25) is 0 Å². The molecule has 5 aromatic rings. The van der Waals surface area contributed by atoms with Crippen LogP contribution in [0.1, 0.15) is 0 Å². The summed E-state index contributed by atoms with van der Waals surface area (Å²) in [5, 5.41) is 24.3. The number of hydrogen-bond donors (Lipinski definition) is 1. The molecular formula is C15H12N10+2. The van der Waals surface area contributed by atoms with E-state index in [1.54, 1.807) is 28.2 Å². The highest BCUT2D eigenvalue weighted by atomic mass is 15.9. The fourth-order valence-corrected chi connectivity index (χ4v) is 2.49. The number of benzene rings is 2. The van der Waals surface area contributed by atoms with Crippen molar-refractivity contribution in [2.45, 2.75) is 0 Å². The molecule has 0 unspecified atom stereocenters. The SMILES string of the molecule is c1ccc2nn(-[n+]3nc[n+](-c4ccc(-n5nccn5)cc4)[nH]3)nc2c1. The minimum absolute atomic E-state index is 0.800. The van der Waals surface area contributed by atoms with E-state index >= 15 is 0 Å².